The lowest BCUT2D eigenvalue weighted by atomic mass is 10.1. The molecule has 2 heterocycles. The lowest BCUT2D eigenvalue weighted by Crippen LogP contribution is -1.94. The molecule has 7 heteroatoms. The van der Waals surface area contributed by atoms with E-state index in [0.29, 0.717) is 17.6 Å². The molecule has 1 aliphatic carbocycles. The van der Waals surface area contributed by atoms with E-state index in [-0.39, 0.29) is 5.92 Å². The van der Waals surface area contributed by atoms with E-state index in [1.54, 1.807) is 0 Å². The minimum Gasteiger partial charge on any atom is -0.338 e. The first-order valence-corrected chi connectivity index (χ1v) is 8.08. The highest BCUT2D eigenvalue weighted by atomic mass is 32.2. The Labute approximate surface area is 122 Å². The zero-order chi connectivity index (χ0) is 13.9. The lowest BCUT2D eigenvalue weighted by molar-refractivity contribution is 0.383. The first-order chi connectivity index (χ1) is 9.72. The largest absolute Gasteiger partial charge is 0.338 e. The van der Waals surface area contributed by atoms with Crippen LogP contribution in [0.4, 0.5) is 0 Å². The third kappa shape index (κ3) is 3.03. The maximum absolute atomic E-state index is 5.21. The van der Waals surface area contributed by atoms with Gasteiger partial charge in [-0.1, -0.05) is 43.6 Å². The fourth-order valence-corrected chi connectivity index (χ4v) is 3.03. The number of hydrogen-bond donors (Lipinski definition) is 1. The highest BCUT2D eigenvalue weighted by Gasteiger charge is 2.21. The fraction of sp³-hybridized carbons (Fsp3) is 0.692. The Kier molecular flexibility index (Phi) is 4.05. The summed E-state index contributed by atoms with van der Waals surface area (Å²) in [6.07, 6.45) is 5.04. The van der Waals surface area contributed by atoms with Crippen LogP contribution in [-0.4, -0.2) is 25.3 Å². The number of aromatic amines is 1. The second-order valence-electron chi connectivity index (χ2n) is 5.47. The summed E-state index contributed by atoms with van der Waals surface area (Å²) in [6.45, 7) is 4.09. The highest BCUT2D eigenvalue weighted by molar-refractivity contribution is 7.98. The van der Waals surface area contributed by atoms with Gasteiger partial charge in [-0.15, -0.1) is 5.10 Å². The van der Waals surface area contributed by atoms with Crippen LogP contribution in [-0.2, 0) is 5.75 Å². The van der Waals surface area contributed by atoms with Crippen LogP contribution in [0.1, 0.15) is 68.9 Å². The smallest absolute Gasteiger partial charge is 0.237 e. The number of hydrogen-bond acceptors (Lipinski definition) is 6. The van der Waals surface area contributed by atoms with Crippen molar-refractivity contribution in [2.45, 2.75) is 62.3 Å². The monoisotopic (exact) mass is 293 g/mol. The Morgan fingerprint density at radius 1 is 1.30 bits per heavy atom. The van der Waals surface area contributed by atoms with Crippen molar-refractivity contribution in [3.05, 3.63) is 17.5 Å². The van der Waals surface area contributed by atoms with Crippen LogP contribution >= 0.6 is 11.8 Å². The minimum atomic E-state index is 0.287. The average Bonchev–Trinajstić information content (AvgIpc) is 3.17. The summed E-state index contributed by atoms with van der Waals surface area (Å²) in [5.41, 5.74) is 0. The molecule has 0 amide bonds. The van der Waals surface area contributed by atoms with Gasteiger partial charge in [0.25, 0.3) is 0 Å². The van der Waals surface area contributed by atoms with Gasteiger partial charge in [-0.25, -0.2) is 4.98 Å². The first-order valence-electron chi connectivity index (χ1n) is 7.10. The molecule has 0 unspecified atom stereocenters. The number of nitrogens with one attached hydrogen (secondary N) is 1. The Hall–Kier alpha value is -1.37. The van der Waals surface area contributed by atoms with E-state index < -0.39 is 0 Å². The zero-order valence-corrected chi connectivity index (χ0v) is 12.6. The van der Waals surface area contributed by atoms with E-state index in [1.807, 2.05) is 13.8 Å². The van der Waals surface area contributed by atoms with Crippen LogP contribution in [0.25, 0.3) is 0 Å². The number of thioether (sulfide) groups is 1. The minimum absolute atomic E-state index is 0.287. The summed E-state index contributed by atoms with van der Waals surface area (Å²) in [5, 5.41) is 12.0. The maximum Gasteiger partial charge on any atom is 0.237 e. The van der Waals surface area contributed by atoms with Crippen LogP contribution in [0.3, 0.4) is 0 Å². The van der Waals surface area contributed by atoms with Gasteiger partial charge >= 0.3 is 0 Å². The van der Waals surface area contributed by atoms with E-state index in [9.17, 15) is 0 Å². The summed E-state index contributed by atoms with van der Waals surface area (Å²) in [5.74, 6) is 3.87. The van der Waals surface area contributed by atoms with E-state index in [4.69, 9.17) is 4.52 Å². The van der Waals surface area contributed by atoms with Crippen molar-refractivity contribution in [2.24, 2.45) is 0 Å². The van der Waals surface area contributed by atoms with Crippen molar-refractivity contribution >= 4 is 11.8 Å². The van der Waals surface area contributed by atoms with Gasteiger partial charge in [0.05, 0.1) is 5.75 Å². The van der Waals surface area contributed by atoms with Gasteiger partial charge in [-0.05, 0) is 12.8 Å². The molecule has 0 spiro atoms. The molecule has 1 aliphatic rings. The molecule has 0 bridgehead atoms. The second-order valence-corrected chi connectivity index (χ2v) is 6.42. The van der Waals surface area contributed by atoms with Gasteiger partial charge in [0.2, 0.25) is 11.0 Å². The van der Waals surface area contributed by atoms with Crippen LogP contribution in [0.5, 0.6) is 0 Å². The van der Waals surface area contributed by atoms with E-state index in [1.165, 1.54) is 37.4 Å². The van der Waals surface area contributed by atoms with Gasteiger partial charge in [-0.3, -0.25) is 5.10 Å². The van der Waals surface area contributed by atoms with Gasteiger partial charge in [0.1, 0.15) is 5.82 Å². The molecule has 0 radical (unpaired) electrons. The summed E-state index contributed by atoms with van der Waals surface area (Å²) in [7, 11) is 0. The third-order valence-corrected chi connectivity index (χ3v) is 4.38. The Bertz CT molecular complexity index is 559. The average molecular weight is 293 g/mol. The molecular formula is C13H19N5OS. The number of rotatable bonds is 5. The topological polar surface area (TPSA) is 80.5 Å². The van der Waals surface area contributed by atoms with E-state index in [0.717, 1.165) is 16.8 Å². The molecule has 2 aromatic rings. The Balaban J connectivity index is 1.57. The van der Waals surface area contributed by atoms with Crippen molar-refractivity contribution in [1.29, 1.82) is 0 Å². The third-order valence-electron chi connectivity index (χ3n) is 3.55. The van der Waals surface area contributed by atoms with Crippen molar-refractivity contribution in [3.8, 4) is 0 Å². The molecule has 0 atom stereocenters. The number of nitrogens with zero attached hydrogens (tertiary/aromatic N) is 4. The molecule has 0 aromatic carbocycles. The normalized spacial score (nSPS) is 16.4. The Morgan fingerprint density at radius 3 is 2.80 bits per heavy atom. The molecule has 20 heavy (non-hydrogen) atoms. The zero-order valence-electron chi connectivity index (χ0n) is 11.8. The molecular weight excluding hydrogens is 274 g/mol. The molecule has 1 fully saturated rings. The van der Waals surface area contributed by atoms with E-state index in [2.05, 4.69) is 25.3 Å². The standard InChI is InChI=1S/C13H19N5OS/c1-8(2)11-14-10(19-18-11)7-20-13-15-12(16-17-13)9-5-3-4-6-9/h8-9H,3-7H2,1-2H3,(H,15,16,17). The molecule has 0 aliphatic heterocycles. The second kappa shape index (κ2) is 5.95. The van der Waals surface area contributed by atoms with Crippen molar-refractivity contribution in [2.75, 3.05) is 0 Å². The predicted octanol–water partition coefficient (Wildman–Crippen LogP) is 3.26. The van der Waals surface area contributed by atoms with Crippen LogP contribution < -0.4 is 0 Å². The van der Waals surface area contributed by atoms with Gasteiger partial charge in [-0.2, -0.15) is 4.98 Å². The van der Waals surface area contributed by atoms with Crippen LogP contribution in [0.15, 0.2) is 9.68 Å². The number of H-pyrrole nitrogens is 1. The molecule has 108 valence electrons. The van der Waals surface area contributed by atoms with Crippen LogP contribution in [0, 0.1) is 0 Å². The maximum atomic E-state index is 5.21. The van der Waals surface area contributed by atoms with Gasteiger partial charge in [0.15, 0.2) is 5.82 Å². The molecule has 3 rings (SSSR count). The molecule has 1 saturated carbocycles. The van der Waals surface area contributed by atoms with Crippen molar-refractivity contribution in [1.82, 2.24) is 25.3 Å². The van der Waals surface area contributed by atoms with Gasteiger partial charge in [0, 0.05) is 11.8 Å². The summed E-state index contributed by atoms with van der Waals surface area (Å²) >= 11 is 1.53. The summed E-state index contributed by atoms with van der Waals surface area (Å²) in [6, 6.07) is 0. The first kappa shape index (κ1) is 13.6. The van der Waals surface area contributed by atoms with Crippen LogP contribution in [0.2, 0.25) is 0 Å². The molecule has 1 N–H and O–H groups in total. The van der Waals surface area contributed by atoms with Gasteiger partial charge < -0.3 is 4.52 Å². The highest BCUT2D eigenvalue weighted by Crippen LogP contribution is 2.32. The summed E-state index contributed by atoms with van der Waals surface area (Å²) < 4.78 is 5.21. The lowest BCUT2D eigenvalue weighted by Gasteiger charge is -2.01. The SMILES string of the molecule is CC(C)c1noc(CSc2n[nH]c(C3CCCC3)n2)n1. The fourth-order valence-electron chi connectivity index (χ4n) is 2.39. The quantitative estimate of drug-likeness (QED) is 0.852. The predicted molar refractivity (Wildman–Crippen MR) is 75.5 cm³/mol. The van der Waals surface area contributed by atoms with Crippen molar-refractivity contribution < 1.29 is 4.52 Å². The Morgan fingerprint density at radius 2 is 2.10 bits per heavy atom. The van der Waals surface area contributed by atoms with E-state index >= 15 is 0 Å². The molecule has 2 aromatic heterocycles. The number of aromatic nitrogens is 5. The molecule has 0 saturated heterocycles. The molecule has 6 nitrogen and oxygen atoms in total. The van der Waals surface area contributed by atoms with Crippen molar-refractivity contribution in [3.63, 3.8) is 0 Å². The summed E-state index contributed by atoms with van der Waals surface area (Å²) in [4.78, 5) is 8.90.